The average Bonchev–Trinajstić information content (AvgIpc) is 3.03. The summed E-state index contributed by atoms with van der Waals surface area (Å²) in [4.78, 5) is 23.5. The number of nitrogens with one attached hydrogen (secondary N) is 3. The second kappa shape index (κ2) is 7.82. The average molecular weight is 372 g/mol. The Morgan fingerprint density at radius 3 is 2.86 bits per heavy atom. The van der Waals surface area contributed by atoms with E-state index in [0.717, 1.165) is 52.6 Å². The Morgan fingerprint density at radius 2 is 2.00 bits per heavy atom. The summed E-state index contributed by atoms with van der Waals surface area (Å²) < 4.78 is 0. The van der Waals surface area contributed by atoms with Crippen LogP contribution in [-0.4, -0.2) is 22.7 Å². The summed E-state index contributed by atoms with van der Waals surface area (Å²) in [6, 6.07) is 14.1. The first-order valence-electron chi connectivity index (χ1n) is 9.64. The molecule has 5 nitrogen and oxygen atoms in total. The molecule has 2 heterocycles. The molecule has 4 aromatic rings. The van der Waals surface area contributed by atoms with Gasteiger partial charge in [0.05, 0.1) is 11.3 Å². The van der Waals surface area contributed by atoms with E-state index in [1.165, 1.54) is 5.56 Å². The molecular formula is C23H24N4O. The highest BCUT2D eigenvalue weighted by Crippen LogP contribution is 2.25. The first-order chi connectivity index (χ1) is 13.7. The quantitative estimate of drug-likeness (QED) is 0.343. The van der Waals surface area contributed by atoms with Crippen molar-refractivity contribution in [1.29, 1.82) is 0 Å². The van der Waals surface area contributed by atoms with Crippen molar-refractivity contribution in [3.63, 3.8) is 0 Å². The molecule has 0 spiro atoms. The molecule has 0 amide bonds. The van der Waals surface area contributed by atoms with Gasteiger partial charge in [0, 0.05) is 40.8 Å². The van der Waals surface area contributed by atoms with Gasteiger partial charge in [-0.3, -0.25) is 9.79 Å². The molecule has 0 atom stereocenters. The third kappa shape index (κ3) is 3.49. The van der Waals surface area contributed by atoms with Crippen LogP contribution in [0.25, 0.3) is 21.8 Å². The van der Waals surface area contributed by atoms with Crippen molar-refractivity contribution in [1.82, 2.24) is 15.3 Å². The molecule has 0 aliphatic heterocycles. The molecule has 5 heteroatoms. The fourth-order valence-corrected chi connectivity index (χ4v) is 3.54. The van der Waals surface area contributed by atoms with Gasteiger partial charge in [-0.25, -0.2) is 0 Å². The number of hydrogen-bond acceptors (Lipinski definition) is 3. The fraction of sp³-hybridized carbons (Fsp3) is 0.217. The lowest BCUT2D eigenvalue weighted by Gasteiger charge is -2.08. The van der Waals surface area contributed by atoms with E-state index in [2.05, 4.69) is 35.2 Å². The summed E-state index contributed by atoms with van der Waals surface area (Å²) in [7, 11) is 0. The Kier molecular flexibility index (Phi) is 5.08. The predicted octanol–water partition coefficient (Wildman–Crippen LogP) is 4.57. The van der Waals surface area contributed by atoms with Crippen molar-refractivity contribution >= 4 is 33.7 Å². The third-order valence-electron chi connectivity index (χ3n) is 4.92. The fourth-order valence-electron chi connectivity index (χ4n) is 3.54. The van der Waals surface area contributed by atoms with Crippen LogP contribution < -0.4 is 10.9 Å². The van der Waals surface area contributed by atoms with E-state index in [0.29, 0.717) is 5.56 Å². The predicted molar refractivity (Wildman–Crippen MR) is 117 cm³/mol. The van der Waals surface area contributed by atoms with Crippen LogP contribution in [0.5, 0.6) is 0 Å². The van der Waals surface area contributed by atoms with Crippen LogP contribution in [0.2, 0.25) is 0 Å². The summed E-state index contributed by atoms with van der Waals surface area (Å²) in [5.74, 6) is 0. The Hall–Kier alpha value is -3.18. The lowest BCUT2D eigenvalue weighted by atomic mass is 10.1. The number of H-pyrrole nitrogens is 2. The minimum atomic E-state index is -0.118. The maximum Gasteiger partial charge on any atom is 0.257 e. The highest BCUT2D eigenvalue weighted by molar-refractivity contribution is 6.13. The van der Waals surface area contributed by atoms with E-state index in [4.69, 9.17) is 4.99 Å². The van der Waals surface area contributed by atoms with Crippen molar-refractivity contribution in [2.24, 2.45) is 4.99 Å². The minimum absolute atomic E-state index is 0.118. The van der Waals surface area contributed by atoms with Crippen molar-refractivity contribution in [3.8, 4) is 0 Å². The van der Waals surface area contributed by atoms with Gasteiger partial charge in [-0.15, -0.1) is 0 Å². The van der Waals surface area contributed by atoms with Crippen LogP contribution in [-0.2, 0) is 6.54 Å². The second-order valence-corrected chi connectivity index (χ2v) is 7.05. The van der Waals surface area contributed by atoms with Crippen LogP contribution in [0.1, 0.15) is 30.0 Å². The lowest BCUT2D eigenvalue weighted by molar-refractivity contribution is 0.675. The summed E-state index contributed by atoms with van der Waals surface area (Å²) >= 11 is 0. The molecule has 2 aromatic heterocycles. The zero-order valence-corrected chi connectivity index (χ0v) is 16.2. The Morgan fingerprint density at radius 1 is 1.14 bits per heavy atom. The molecule has 142 valence electrons. The molecule has 0 bridgehead atoms. The summed E-state index contributed by atoms with van der Waals surface area (Å²) in [6.45, 7) is 5.96. The zero-order chi connectivity index (χ0) is 19.5. The molecule has 0 saturated carbocycles. The van der Waals surface area contributed by atoms with Gasteiger partial charge in [-0.05, 0) is 49.7 Å². The van der Waals surface area contributed by atoms with Crippen LogP contribution in [0.3, 0.4) is 0 Å². The molecular weight excluding hydrogens is 348 g/mol. The maximum atomic E-state index is 12.6. The molecule has 0 aliphatic rings. The molecule has 0 radical (unpaired) electrons. The normalized spacial score (nSPS) is 11.8. The van der Waals surface area contributed by atoms with E-state index >= 15 is 0 Å². The largest absolute Gasteiger partial charge is 0.361 e. The van der Waals surface area contributed by atoms with Gasteiger partial charge < -0.3 is 15.3 Å². The number of hydrogen-bond donors (Lipinski definition) is 3. The smallest absolute Gasteiger partial charge is 0.257 e. The molecule has 28 heavy (non-hydrogen) atoms. The summed E-state index contributed by atoms with van der Waals surface area (Å²) in [6.07, 6.45) is 4.67. The van der Waals surface area contributed by atoms with Gasteiger partial charge in [0.25, 0.3) is 5.56 Å². The van der Waals surface area contributed by atoms with Gasteiger partial charge in [0.15, 0.2) is 0 Å². The van der Waals surface area contributed by atoms with E-state index < -0.39 is 0 Å². The van der Waals surface area contributed by atoms with Gasteiger partial charge >= 0.3 is 0 Å². The van der Waals surface area contributed by atoms with Crippen LogP contribution >= 0.6 is 0 Å². The number of rotatable bonds is 6. The van der Waals surface area contributed by atoms with Crippen molar-refractivity contribution in [3.05, 3.63) is 75.7 Å². The summed E-state index contributed by atoms with van der Waals surface area (Å²) in [5.41, 5.74) is 5.51. The maximum absolute atomic E-state index is 12.6. The first kappa shape index (κ1) is 18.2. The Labute approximate surface area is 163 Å². The van der Waals surface area contributed by atoms with Gasteiger partial charge in [-0.2, -0.15) is 0 Å². The third-order valence-corrected chi connectivity index (χ3v) is 4.92. The molecule has 0 unspecified atom stereocenters. The number of nitrogens with zero attached hydrogens (tertiary/aromatic N) is 1. The highest BCUT2D eigenvalue weighted by atomic mass is 16.1. The lowest BCUT2D eigenvalue weighted by Crippen LogP contribution is -2.14. The van der Waals surface area contributed by atoms with Crippen molar-refractivity contribution in [2.45, 2.75) is 26.8 Å². The second-order valence-electron chi connectivity index (χ2n) is 7.05. The monoisotopic (exact) mass is 372 g/mol. The number of aliphatic imine (C=N–C) groups is 1. The van der Waals surface area contributed by atoms with Gasteiger partial charge in [0.2, 0.25) is 0 Å². The molecule has 0 saturated heterocycles. The first-order valence-corrected chi connectivity index (χ1v) is 9.64. The Balaban J connectivity index is 1.78. The zero-order valence-electron chi connectivity index (χ0n) is 16.2. The number of fused-ring (bicyclic) bond motifs is 3. The molecule has 0 fully saturated rings. The van der Waals surface area contributed by atoms with E-state index in [-0.39, 0.29) is 5.56 Å². The van der Waals surface area contributed by atoms with Crippen LogP contribution in [0.4, 0.5) is 5.69 Å². The van der Waals surface area contributed by atoms with Crippen molar-refractivity contribution in [2.75, 3.05) is 6.54 Å². The molecule has 0 aliphatic carbocycles. The number of aromatic amines is 2. The van der Waals surface area contributed by atoms with Crippen LogP contribution in [0, 0.1) is 6.92 Å². The van der Waals surface area contributed by atoms with E-state index in [1.54, 1.807) is 6.21 Å². The van der Waals surface area contributed by atoms with E-state index in [9.17, 15) is 4.79 Å². The standard InChI is InChI=1S/C23H24N4O/c1-3-10-24-13-16-12-15(2)6-7-19(16)26-14-18-22-17-5-4-11-25-20(17)8-9-21(22)27-23(18)28/h4-9,11-12,14,24-25H,3,10,13H2,1-2H3,(H,27,28). The van der Waals surface area contributed by atoms with Crippen LogP contribution in [0.15, 0.2) is 58.4 Å². The number of pyridine rings is 1. The van der Waals surface area contributed by atoms with Gasteiger partial charge in [0.1, 0.15) is 0 Å². The number of aryl methyl sites for hydroxylation is 1. The topological polar surface area (TPSA) is 73.0 Å². The number of aromatic nitrogens is 2. The SMILES string of the molecule is CCCNCc1cc(C)ccc1N=Cc1c(=O)[nH]c2ccc3[nH]cccc3c12. The molecule has 3 N–H and O–H groups in total. The van der Waals surface area contributed by atoms with Gasteiger partial charge in [-0.1, -0.05) is 30.7 Å². The molecule has 2 aromatic carbocycles. The highest BCUT2D eigenvalue weighted by Gasteiger charge is 2.11. The van der Waals surface area contributed by atoms with E-state index in [1.807, 2.05) is 42.6 Å². The Bertz CT molecular complexity index is 1220. The van der Waals surface area contributed by atoms with Crippen molar-refractivity contribution < 1.29 is 0 Å². The minimum Gasteiger partial charge on any atom is -0.361 e. The number of benzene rings is 2. The molecule has 4 rings (SSSR count). The summed E-state index contributed by atoms with van der Waals surface area (Å²) in [5, 5.41) is 5.34.